The average molecular weight is 249 g/mol. The normalized spacial score (nSPS) is 10.4. The molecule has 0 aliphatic rings. The van der Waals surface area contributed by atoms with E-state index in [2.05, 4.69) is 9.97 Å². The first-order valence-electron chi connectivity index (χ1n) is 5.43. The van der Waals surface area contributed by atoms with Crippen LogP contribution in [-0.4, -0.2) is 22.3 Å². The van der Waals surface area contributed by atoms with Crippen molar-refractivity contribution < 1.29 is 4.74 Å². The second-order valence-electron chi connectivity index (χ2n) is 3.40. The van der Waals surface area contributed by atoms with Crippen molar-refractivity contribution in [2.45, 2.75) is 11.7 Å². The molecule has 0 fully saturated rings. The highest BCUT2D eigenvalue weighted by molar-refractivity contribution is 7.99. The number of nitrogens with two attached hydrogens (primary N) is 1. The van der Waals surface area contributed by atoms with Gasteiger partial charge in [0.25, 0.3) is 0 Å². The molecule has 5 heteroatoms. The smallest absolute Gasteiger partial charge is 0.165 e. The molecule has 4 nitrogen and oxygen atoms in total. The fourth-order valence-corrected chi connectivity index (χ4v) is 2.08. The van der Waals surface area contributed by atoms with E-state index in [4.69, 9.17) is 10.5 Å². The third kappa shape index (κ3) is 3.51. The van der Waals surface area contributed by atoms with Crippen LogP contribution in [0.3, 0.4) is 0 Å². The van der Waals surface area contributed by atoms with Crippen molar-refractivity contribution in [2.24, 2.45) is 5.73 Å². The number of benzene rings is 1. The molecule has 0 amide bonds. The van der Waals surface area contributed by atoms with E-state index in [9.17, 15) is 0 Å². The number of aromatic nitrogens is 2. The maximum absolute atomic E-state index is 5.68. The highest BCUT2D eigenvalue weighted by Crippen LogP contribution is 2.18. The van der Waals surface area contributed by atoms with E-state index in [1.807, 2.05) is 30.5 Å². The van der Waals surface area contributed by atoms with Crippen molar-refractivity contribution in [1.82, 2.24) is 9.97 Å². The number of rotatable bonds is 6. The van der Waals surface area contributed by atoms with Crippen molar-refractivity contribution in [1.29, 1.82) is 0 Å². The predicted octanol–water partition coefficient (Wildman–Crippen LogP) is 2.04. The van der Waals surface area contributed by atoms with Crippen LogP contribution in [0.15, 0.2) is 41.8 Å². The number of ether oxygens (including phenoxy) is 1. The zero-order chi connectivity index (χ0) is 11.9. The predicted molar refractivity (Wildman–Crippen MR) is 69.1 cm³/mol. The van der Waals surface area contributed by atoms with Gasteiger partial charge in [-0.15, -0.1) is 0 Å². The molecule has 2 aromatic rings. The average Bonchev–Trinajstić information content (AvgIpc) is 2.88. The summed E-state index contributed by atoms with van der Waals surface area (Å²) >= 11 is 1.64. The molecule has 0 bridgehead atoms. The first-order valence-corrected chi connectivity index (χ1v) is 6.41. The SMILES string of the molecule is NCc1ccccc1OCCSc1ncc[nH]1. The Morgan fingerprint density at radius 3 is 3.00 bits per heavy atom. The summed E-state index contributed by atoms with van der Waals surface area (Å²) < 4.78 is 5.68. The lowest BCUT2D eigenvalue weighted by Gasteiger charge is -2.09. The van der Waals surface area contributed by atoms with Crippen molar-refractivity contribution in [2.75, 3.05) is 12.4 Å². The summed E-state index contributed by atoms with van der Waals surface area (Å²) in [5.74, 6) is 1.72. The lowest BCUT2D eigenvalue weighted by Crippen LogP contribution is -2.05. The summed E-state index contributed by atoms with van der Waals surface area (Å²) in [6, 6.07) is 7.84. The first-order chi connectivity index (χ1) is 8.40. The molecule has 17 heavy (non-hydrogen) atoms. The van der Waals surface area contributed by atoms with Crippen LogP contribution in [0.25, 0.3) is 0 Å². The molecule has 90 valence electrons. The molecule has 0 atom stereocenters. The number of nitrogens with one attached hydrogen (secondary N) is 1. The quantitative estimate of drug-likeness (QED) is 0.607. The molecule has 0 aliphatic carbocycles. The molecule has 0 aliphatic heterocycles. The van der Waals surface area contributed by atoms with Crippen LogP contribution < -0.4 is 10.5 Å². The van der Waals surface area contributed by atoms with Gasteiger partial charge in [0, 0.05) is 30.3 Å². The number of H-pyrrole nitrogens is 1. The molecule has 1 aromatic carbocycles. The van der Waals surface area contributed by atoms with E-state index in [0.717, 1.165) is 22.2 Å². The Labute approximate surface area is 105 Å². The Bertz CT molecular complexity index is 445. The molecule has 0 spiro atoms. The third-order valence-corrected chi connectivity index (χ3v) is 3.11. The van der Waals surface area contributed by atoms with Crippen LogP contribution in [0.1, 0.15) is 5.56 Å². The number of nitrogens with zero attached hydrogens (tertiary/aromatic N) is 1. The molecule has 0 saturated heterocycles. The van der Waals surface area contributed by atoms with Gasteiger partial charge in [0.05, 0.1) is 6.61 Å². The van der Waals surface area contributed by atoms with Crippen molar-refractivity contribution in [3.63, 3.8) is 0 Å². The summed E-state index contributed by atoms with van der Waals surface area (Å²) in [7, 11) is 0. The summed E-state index contributed by atoms with van der Waals surface area (Å²) in [6.45, 7) is 1.14. The maximum Gasteiger partial charge on any atom is 0.165 e. The van der Waals surface area contributed by atoms with Gasteiger partial charge >= 0.3 is 0 Å². The molecule has 2 rings (SSSR count). The van der Waals surface area contributed by atoms with Gasteiger partial charge < -0.3 is 15.5 Å². The van der Waals surface area contributed by atoms with Gasteiger partial charge in [-0.2, -0.15) is 0 Å². The number of hydrogen-bond donors (Lipinski definition) is 2. The fourth-order valence-electron chi connectivity index (χ4n) is 1.43. The summed E-state index contributed by atoms with van der Waals surface area (Å²) in [4.78, 5) is 7.16. The molecule has 0 unspecified atom stereocenters. The van der Waals surface area contributed by atoms with E-state index < -0.39 is 0 Å². The molecular weight excluding hydrogens is 234 g/mol. The maximum atomic E-state index is 5.68. The van der Waals surface area contributed by atoms with Gasteiger partial charge in [0.15, 0.2) is 5.16 Å². The van der Waals surface area contributed by atoms with Gasteiger partial charge in [-0.1, -0.05) is 30.0 Å². The summed E-state index contributed by atoms with van der Waals surface area (Å²) in [5.41, 5.74) is 6.67. The zero-order valence-electron chi connectivity index (χ0n) is 9.43. The Balaban J connectivity index is 1.78. The summed E-state index contributed by atoms with van der Waals surface area (Å²) in [5, 5.41) is 0.917. The van der Waals surface area contributed by atoms with E-state index in [1.54, 1.807) is 18.0 Å². The second-order valence-corrected chi connectivity index (χ2v) is 4.49. The second kappa shape index (κ2) is 6.32. The van der Waals surface area contributed by atoms with Crippen LogP contribution in [0.2, 0.25) is 0 Å². The van der Waals surface area contributed by atoms with Gasteiger partial charge in [-0.3, -0.25) is 0 Å². The van der Waals surface area contributed by atoms with Crippen LogP contribution >= 0.6 is 11.8 Å². The van der Waals surface area contributed by atoms with Crippen molar-refractivity contribution in [3.05, 3.63) is 42.2 Å². The zero-order valence-corrected chi connectivity index (χ0v) is 10.2. The minimum Gasteiger partial charge on any atom is -0.492 e. The van der Waals surface area contributed by atoms with Crippen LogP contribution in [0.5, 0.6) is 5.75 Å². The molecule has 1 heterocycles. The number of aromatic amines is 1. The molecular formula is C12H15N3OS. The highest BCUT2D eigenvalue weighted by atomic mass is 32.2. The topological polar surface area (TPSA) is 63.9 Å². The van der Waals surface area contributed by atoms with Crippen LogP contribution in [0.4, 0.5) is 0 Å². The Kier molecular flexibility index (Phi) is 4.46. The van der Waals surface area contributed by atoms with Gasteiger partial charge in [0.2, 0.25) is 0 Å². The highest BCUT2D eigenvalue weighted by Gasteiger charge is 2.01. The van der Waals surface area contributed by atoms with Gasteiger partial charge in [-0.25, -0.2) is 4.98 Å². The lowest BCUT2D eigenvalue weighted by atomic mass is 10.2. The van der Waals surface area contributed by atoms with Gasteiger partial charge in [0.1, 0.15) is 5.75 Å². The molecule has 0 radical (unpaired) electrons. The van der Waals surface area contributed by atoms with E-state index in [-0.39, 0.29) is 0 Å². The standard InChI is InChI=1S/C12H15N3OS/c13-9-10-3-1-2-4-11(10)16-7-8-17-12-14-5-6-15-12/h1-6H,7-9,13H2,(H,14,15). The Morgan fingerprint density at radius 1 is 1.35 bits per heavy atom. The monoisotopic (exact) mass is 249 g/mol. The number of imidazole rings is 1. The van der Waals surface area contributed by atoms with Crippen molar-refractivity contribution in [3.8, 4) is 5.75 Å². The molecule has 1 aromatic heterocycles. The lowest BCUT2D eigenvalue weighted by molar-refractivity contribution is 0.340. The van der Waals surface area contributed by atoms with E-state index >= 15 is 0 Å². The number of thioether (sulfide) groups is 1. The number of hydrogen-bond acceptors (Lipinski definition) is 4. The van der Waals surface area contributed by atoms with E-state index in [1.165, 1.54) is 0 Å². The summed E-state index contributed by atoms with van der Waals surface area (Å²) in [6.07, 6.45) is 3.56. The fraction of sp³-hybridized carbons (Fsp3) is 0.250. The van der Waals surface area contributed by atoms with Crippen LogP contribution in [-0.2, 0) is 6.54 Å². The minimum atomic E-state index is 0.501. The first kappa shape index (κ1) is 12.0. The van der Waals surface area contributed by atoms with Crippen molar-refractivity contribution >= 4 is 11.8 Å². The van der Waals surface area contributed by atoms with Gasteiger partial charge in [-0.05, 0) is 6.07 Å². The Hall–Kier alpha value is -1.46. The third-order valence-electron chi connectivity index (χ3n) is 2.25. The van der Waals surface area contributed by atoms with E-state index in [0.29, 0.717) is 13.2 Å². The Morgan fingerprint density at radius 2 is 2.24 bits per heavy atom. The van der Waals surface area contributed by atoms with Crippen LogP contribution in [0, 0.1) is 0 Å². The molecule has 3 N–H and O–H groups in total. The largest absolute Gasteiger partial charge is 0.492 e. The molecule has 0 saturated carbocycles. The number of para-hydroxylation sites is 1. The minimum absolute atomic E-state index is 0.501.